The quantitative estimate of drug-likeness (QED) is 0.760. The Bertz CT molecular complexity index is 729. The molecule has 0 saturated heterocycles. The molecule has 0 radical (unpaired) electrons. The highest BCUT2D eigenvalue weighted by molar-refractivity contribution is 7.10. The molecule has 2 aliphatic heterocycles. The smallest absolute Gasteiger partial charge is 0.251 e. The summed E-state index contributed by atoms with van der Waals surface area (Å²) >= 11 is 7.67. The number of carbonyl (C=O) groups is 1. The van der Waals surface area contributed by atoms with Crippen LogP contribution in [0.3, 0.4) is 0 Å². The number of aryl methyl sites for hydroxylation is 1. The zero-order valence-electron chi connectivity index (χ0n) is 10.7. The molecule has 102 valence electrons. The maximum Gasteiger partial charge on any atom is 0.251 e. The van der Waals surface area contributed by atoms with Crippen molar-refractivity contribution in [2.45, 2.75) is 19.4 Å². The van der Waals surface area contributed by atoms with Crippen molar-refractivity contribution >= 4 is 40.4 Å². The molecule has 0 aliphatic carbocycles. The van der Waals surface area contributed by atoms with E-state index < -0.39 is 0 Å². The van der Waals surface area contributed by atoms with E-state index in [-0.39, 0.29) is 17.2 Å². The second-order valence-electron chi connectivity index (χ2n) is 4.91. The minimum atomic E-state index is -0.303. The molecule has 0 fully saturated rings. The summed E-state index contributed by atoms with van der Waals surface area (Å²) in [5.74, 6) is 0.704. The van der Waals surface area contributed by atoms with Gasteiger partial charge in [-0.05, 0) is 42.0 Å². The maximum atomic E-state index is 12.5. The van der Waals surface area contributed by atoms with Gasteiger partial charge in [-0.2, -0.15) is 4.98 Å². The van der Waals surface area contributed by atoms with Crippen LogP contribution in [-0.2, 0) is 11.2 Å². The minimum absolute atomic E-state index is 0.0223. The monoisotopic (exact) mass is 306 g/mol. The van der Waals surface area contributed by atoms with Gasteiger partial charge in [-0.25, -0.2) is 4.98 Å². The lowest BCUT2D eigenvalue weighted by molar-refractivity contribution is -0.118. The van der Waals surface area contributed by atoms with Crippen molar-refractivity contribution in [1.82, 2.24) is 9.97 Å². The molecule has 7 heteroatoms. The summed E-state index contributed by atoms with van der Waals surface area (Å²) in [6.45, 7) is 2.60. The highest BCUT2D eigenvalue weighted by atomic mass is 35.5. The van der Waals surface area contributed by atoms with Crippen LogP contribution in [-0.4, -0.2) is 22.4 Å². The molecule has 0 aromatic carbocycles. The van der Waals surface area contributed by atoms with Gasteiger partial charge in [0.15, 0.2) is 5.82 Å². The van der Waals surface area contributed by atoms with Gasteiger partial charge < -0.3 is 10.2 Å². The Hall–Kier alpha value is -1.66. The Morgan fingerprint density at radius 2 is 2.35 bits per heavy atom. The fraction of sp³-hybridized carbons (Fsp3) is 0.308. The van der Waals surface area contributed by atoms with Crippen LogP contribution in [0.25, 0.3) is 0 Å². The first-order chi connectivity index (χ1) is 9.65. The minimum Gasteiger partial charge on any atom is -0.338 e. The van der Waals surface area contributed by atoms with Crippen LogP contribution in [0.1, 0.15) is 22.2 Å². The normalized spacial score (nSPS) is 20.0. The number of nitrogens with one attached hydrogen (secondary N) is 1. The van der Waals surface area contributed by atoms with Gasteiger partial charge in [0.05, 0.1) is 5.69 Å². The van der Waals surface area contributed by atoms with Gasteiger partial charge in [-0.1, -0.05) is 0 Å². The van der Waals surface area contributed by atoms with Crippen LogP contribution in [0.4, 0.5) is 11.5 Å². The molecule has 1 N–H and O–H groups in total. The van der Waals surface area contributed by atoms with Gasteiger partial charge in [0.25, 0.3) is 5.91 Å². The summed E-state index contributed by atoms with van der Waals surface area (Å²) in [5.41, 5.74) is 2.45. The summed E-state index contributed by atoms with van der Waals surface area (Å²) in [7, 11) is 0. The highest BCUT2D eigenvalue weighted by Crippen LogP contribution is 2.43. The number of anilines is 2. The molecule has 0 spiro atoms. The van der Waals surface area contributed by atoms with E-state index in [0.29, 0.717) is 11.4 Å². The molecule has 20 heavy (non-hydrogen) atoms. The number of carbonyl (C=O) groups excluding carboxylic acids is 1. The third-order valence-electron chi connectivity index (χ3n) is 3.78. The first-order valence-electron chi connectivity index (χ1n) is 6.33. The Balaban J connectivity index is 1.91. The average Bonchev–Trinajstić information content (AvgIpc) is 2.88. The lowest BCUT2D eigenvalue weighted by Crippen LogP contribution is -2.46. The van der Waals surface area contributed by atoms with Crippen LogP contribution < -0.4 is 10.2 Å². The van der Waals surface area contributed by atoms with Crippen molar-refractivity contribution < 1.29 is 4.79 Å². The van der Waals surface area contributed by atoms with Crippen LogP contribution in [0, 0.1) is 6.92 Å². The van der Waals surface area contributed by atoms with Gasteiger partial charge in [0.2, 0.25) is 5.28 Å². The molecule has 2 aromatic heterocycles. The standard InChI is InChI=1S/C13H11ClN4OS/c1-6-9-11(17-13(14)15-6)18-4-2-8-7(3-5-20-8)10(18)12(19)16-9/h3,5,10H,2,4H2,1H3,(H,16,19). The lowest BCUT2D eigenvalue weighted by Gasteiger charge is -2.40. The molecular weight excluding hydrogens is 296 g/mol. The molecule has 5 nitrogen and oxygen atoms in total. The molecular formula is C13H11ClN4OS. The number of amides is 1. The molecule has 0 bridgehead atoms. The van der Waals surface area contributed by atoms with Gasteiger partial charge in [-0.3, -0.25) is 4.79 Å². The van der Waals surface area contributed by atoms with E-state index in [4.69, 9.17) is 11.6 Å². The number of fused-ring (bicyclic) bond motifs is 5. The Morgan fingerprint density at radius 1 is 1.50 bits per heavy atom. The van der Waals surface area contributed by atoms with Gasteiger partial charge >= 0.3 is 0 Å². The largest absolute Gasteiger partial charge is 0.338 e. The number of hydrogen-bond acceptors (Lipinski definition) is 5. The fourth-order valence-electron chi connectivity index (χ4n) is 2.90. The van der Waals surface area contributed by atoms with Crippen LogP contribution in [0.5, 0.6) is 0 Å². The summed E-state index contributed by atoms with van der Waals surface area (Å²) in [5, 5.41) is 5.18. The van der Waals surface area contributed by atoms with E-state index in [1.807, 2.05) is 23.3 Å². The second-order valence-corrected chi connectivity index (χ2v) is 6.25. The topological polar surface area (TPSA) is 58.1 Å². The van der Waals surface area contributed by atoms with Crippen molar-refractivity contribution in [3.63, 3.8) is 0 Å². The maximum absolute atomic E-state index is 12.5. The van der Waals surface area contributed by atoms with Gasteiger partial charge in [-0.15, -0.1) is 11.3 Å². The molecule has 2 aromatic rings. The number of halogens is 1. The zero-order valence-corrected chi connectivity index (χ0v) is 12.3. The summed E-state index contributed by atoms with van der Waals surface area (Å²) in [4.78, 5) is 24.2. The van der Waals surface area contributed by atoms with Crippen LogP contribution in [0.2, 0.25) is 5.28 Å². The van der Waals surface area contributed by atoms with Crippen molar-refractivity contribution in [3.05, 3.63) is 32.9 Å². The van der Waals surface area contributed by atoms with E-state index in [2.05, 4.69) is 15.3 Å². The number of aromatic nitrogens is 2. The van der Waals surface area contributed by atoms with Crippen LogP contribution >= 0.6 is 22.9 Å². The fourth-order valence-corrected chi connectivity index (χ4v) is 4.01. The van der Waals surface area contributed by atoms with E-state index in [9.17, 15) is 4.79 Å². The molecule has 0 saturated carbocycles. The number of hydrogen-bond donors (Lipinski definition) is 1. The number of rotatable bonds is 0. The number of nitrogens with zero attached hydrogens (tertiary/aromatic N) is 3. The predicted octanol–water partition coefficient (Wildman–Crippen LogP) is 2.56. The molecule has 1 amide bonds. The SMILES string of the molecule is Cc1nc(Cl)nc2c1NC(=O)C1c3ccsc3CCN21. The van der Waals surface area contributed by atoms with Crippen molar-refractivity contribution in [2.75, 3.05) is 16.8 Å². The van der Waals surface area contributed by atoms with Crippen molar-refractivity contribution in [2.24, 2.45) is 0 Å². The van der Waals surface area contributed by atoms with Gasteiger partial charge in [0, 0.05) is 11.4 Å². The third-order valence-corrected chi connectivity index (χ3v) is 4.94. The summed E-state index contributed by atoms with van der Waals surface area (Å²) < 4.78 is 0. The Morgan fingerprint density at radius 3 is 3.20 bits per heavy atom. The van der Waals surface area contributed by atoms with Crippen LogP contribution in [0.15, 0.2) is 11.4 Å². The first kappa shape index (κ1) is 12.1. The first-order valence-corrected chi connectivity index (χ1v) is 7.59. The predicted molar refractivity (Wildman–Crippen MR) is 78.5 cm³/mol. The third kappa shape index (κ3) is 1.58. The Labute approximate surface area is 124 Å². The van der Waals surface area contributed by atoms with Crippen molar-refractivity contribution in [1.29, 1.82) is 0 Å². The molecule has 1 unspecified atom stereocenters. The van der Waals surface area contributed by atoms with E-state index in [1.165, 1.54) is 4.88 Å². The second kappa shape index (κ2) is 4.17. The lowest BCUT2D eigenvalue weighted by atomic mass is 9.97. The molecule has 2 aliphatic rings. The average molecular weight is 307 g/mol. The van der Waals surface area contributed by atoms with E-state index in [0.717, 1.165) is 24.3 Å². The summed E-state index contributed by atoms with van der Waals surface area (Å²) in [6.07, 6.45) is 0.927. The summed E-state index contributed by atoms with van der Waals surface area (Å²) in [6, 6.07) is 1.72. The molecule has 4 rings (SSSR count). The zero-order chi connectivity index (χ0) is 13.9. The van der Waals surface area contributed by atoms with E-state index >= 15 is 0 Å². The number of thiophene rings is 1. The Kier molecular flexibility index (Phi) is 2.52. The molecule has 1 atom stereocenters. The van der Waals surface area contributed by atoms with Gasteiger partial charge in [0.1, 0.15) is 11.7 Å². The van der Waals surface area contributed by atoms with Crippen molar-refractivity contribution in [3.8, 4) is 0 Å². The molecule has 4 heterocycles. The highest BCUT2D eigenvalue weighted by Gasteiger charge is 2.40. The van der Waals surface area contributed by atoms with E-state index in [1.54, 1.807) is 11.3 Å².